The summed E-state index contributed by atoms with van der Waals surface area (Å²) in [5.41, 5.74) is 15.2. The minimum absolute atomic E-state index is 0.497. The van der Waals surface area contributed by atoms with Gasteiger partial charge in [-0.3, -0.25) is 4.99 Å². The van der Waals surface area contributed by atoms with Crippen LogP contribution < -0.4 is 20.7 Å². The number of methoxy groups -OCH3 is 1. The van der Waals surface area contributed by atoms with Crippen molar-refractivity contribution < 1.29 is 4.74 Å². The van der Waals surface area contributed by atoms with E-state index in [1.54, 1.807) is 7.11 Å². The molecule has 0 radical (unpaired) electrons. The Bertz CT molecular complexity index is 1360. The van der Waals surface area contributed by atoms with E-state index in [9.17, 15) is 0 Å². The number of aromatic nitrogens is 2. The molecule has 0 atom stereocenters. The second kappa shape index (κ2) is 10.6. The minimum atomic E-state index is 0.497. The number of anilines is 3. The molecule has 8 nitrogen and oxygen atoms in total. The summed E-state index contributed by atoms with van der Waals surface area (Å²) in [6, 6.07) is 14.5. The second-order valence-electron chi connectivity index (χ2n) is 9.65. The van der Waals surface area contributed by atoms with Crippen LogP contribution in [0.4, 0.5) is 17.3 Å². The minimum Gasteiger partial charge on any atom is -0.494 e. The molecule has 0 saturated carbocycles. The molecule has 1 aliphatic heterocycles. The Balaban J connectivity index is 1.46. The Labute approximate surface area is 218 Å². The highest BCUT2D eigenvalue weighted by molar-refractivity contribution is 6.32. The number of aliphatic imine (C=N–C) groups is 1. The number of allylic oxidation sites excluding steroid dienone is 2. The summed E-state index contributed by atoms with van der Waals surface area (Å²) >= 11 is 0. The quantitative estimate of drug-likeness (QED) is 0.497. The molecule has 3 aromatic rings. The number of ether oxygens (including phenoxy) is 1. The SMILES string of the molecule is CN=C(C1=C(N)CCc2cnc(Nc3ccc(N4CCN(C)CC4)cc3OC)nc21)c1ccccc1C. The molecule has 0 spiro atoms. The van der Waals surface area contributed by atoms with Crippen LogP contribution in [-0.4, -0.2) is 68.0 Å². The van der Waals surface area contributed by atoms with Gasteiger partial charge in [0.05, 0.1) is 24.2 Å². The van der Waals surface area contributed by atoms with Gasteiger partial charge in [0.2, 0.25) is 5.95 Å². The van der Waals surface area contributed by atoms with Crippen molar-refractivity contribution in [2.24, 2.45) is 10.7 Å². The van der Waals surface area contributed by atoms with Crippen LogP contribution in [0.3, 0.4) is 0 Å². The molecule has 1 fully saturated rings. The van der Waals surface area contributed by atoms with Crippen LogP contribution in [0.15, 0.2) is 59.4 Å². The summed E-state index contributed by atoms with van der Waals surface area (Å²) in [7, 11) is 5.66. The van der Waals surface area contributed by atoms with Gasteiger partial charge in [0.15, 0.2) is 0 Å². The first-order valence-corrected chi connectivity index (χ1v) is 12.7. The molecule has 192 valence electrons. The van der Waals surface area contributed by atoms with Gasteiger partial charge in [-0.15, -0.1) is 0 Å². The number of rotatable bonds is 6. The number of nitrogens with one attached hydrogen (secondary N) is 1. The van der Waals surface area contributed by atoms with E-state index >= 15 is 0 Å². The maximum atomic E-state index is 6.59. The summed E-state index contributed by atoms with van der Waals surface area (Å²) < 4.78 is 5.74. The Hall–Kier alpha value is -3.91. The molecule has 1 aromatic heterocycles. The summed E-state index contributed by atoms with van der Waals surface area (Å²) in [6.07, 6.45) is 3.46. The zero-order valence-electron chi connectivity index (χ0n) is 22.1. The van der Waals surface area contributed by atoms with E-state index in [1.807, 2.05) is 31.4 Å². The van der Waals surface area contributed by atoms with E-state index in [0.29, 0.717) is 5.95 Å². The number of likely N-dealkylation sites (N-methyl/N-ethyl adjacent to an activating group) is 1. The van der Waals surface area contributed by atoms with Gasteiger partial charge in [-0.1, -0.05) is 24.3 Å². The van der Waals surface area contributed by atoms with Gasteiger partial charge in [-0.25, -0.2) is 9.97 Å². The molecule has 2 aromatic carbocycles. The molecule has 1 aliphatic carbocycles. The predicted molar refractivity (Wildman–Crippen MR) is 151 cm³/mol. The fourth-order valence-corrected chi connectivity index (χ4v) is 5.05. The monoisotopic (exact) mass is 497 g/mol. The first-order chi connectivity index (χ1) is 18.0. The standard InChI is InChI=1S/C29H35N7O/c1-19-7-5-6-8-22(19)28(31-2)26-23(30)11-9-20-18-32-29(34-27(20)26)33-24-12-10-21(17-25(24)37-4)36-15-13-35(3)14-16-36/h5-8,10,12,17-18H,9,11,13-16,30H2,1-4H3,(H,32,33,34). The van der Waals surface area contributed by atoms with Crippen LogP contribution in [0.25, 0.3) is 5.57 Å². The third kappa shape index (κ3) is 5.02. The van der Waals surface area contributed by atoms with E-state index in [1.165, 1.54) is 0 Å². The summed E-state index contributed by atoms with van der Waals surface area (Å²) in [5.74, 6) is 1.25. The van der Waals surface area contributed by atoms with Crippen molar-refractivity contribution in [3.05, 3.63) is 76.7 Å². The largest absolute Gasteiger partial charge is 0.494 e. The van der Waals surface area contributed by atoms with E-state index in [2.05, 4.69) is 63.3 Å². The number of nitrogens with zero attached hydrogens (tertiary/aromatic N) is 5. The topological polar surface area (TPSA) is 91.9 Å². The molecular weight excluding hydrogens is 462 g/mol. The Kier molecular flexibility index (Phi) is 7.10. The highest BCUT2D eigenvalue weighted by Gasteiger charge is 2.26. The molecular formula is C29H35N7O. The van der Waals surface area contributed by atoms with E-state index in [-0.39, 0.29) is 0 Å². The lowest BCUT2D eigenvalue weighted by Crippen LogP contribution is -2.44. The lowest BCUT2D eigenvalue weighted by molar-refractivity contribution is 0.312. The molecule has 0 bridgehead atoms. The summed E-state index contributed by atoms with van der Waals surface area (Å²) in [4.78, 5) is 19.0. The molecule has 0 unspecified atom stereocenters. The van der Waals surface area contributed by atoms with Crippen LogP contribution in [0.2, 0.25) is 0 Å². The van der Waals surface area contributed by atoms with Crippen molar-refractivity contribution in [1.82, 2.24) is 14.9 Å². The van der Waals surface area contributed by atoms with Gasteiger partial charge in [0, 0.05) is 68.0 Å². The van der Waals surface area contributed by atoms with Crippen LogP contribution in [0.1, 0.15) is 28.8 Å². The van der Waals surface area contributed by atoms with Gasteiger partial charge < -0.3 is 25.6 Å². The van der Waals surface area contributed by atoms with Crippen molar-refractivity contribution in [3.8, 4) is 5.75 Å². The maximum absolute atomic E-state index is 6.59. The molecule has 0 amide bonds. The van der Waals surface area contributed by atoms with E-state index in [0.717, 1.165) is 95.5 Å². The van der Waals surface area contributed by atoms with Crippen molar-refractivity contribution in [1.29, 1.82) is 0 Å². The summed E-state index contributed by atoms with van der Waals surface area (Å²) in [5, 5.41) is 3.38. The lowest BCUT2D eigenvalue weighted by atomic mass is 9.87. The van der Waals surface area contributed by atoms with E-state index in [4.69, 9.17) is 15.5 Å². The van der Waals surface area contributed by atoms with Crippen LogP contribution >= 0.6 is 0 Å². The van der Waals surface area contributed by atoms with Gasteiger partial charge in [-0.05, 0) is 50.1 Å². The summed E-state index contributed by atoms with van der Waals surface area (Å²) in [6.45, 7) is 6.19. The number of hydrogen-bond acceptors (Lipinski definition) is 8. The number of nitrogens with two attached hydrogens (primary N) is 1. The highest BCUT2D eigenvalue weighted by Crippen LogP contribution is 2.35. The fourth-order valence-electron chi connectivity index (χ4n) is 5.05. The first-order valence-electron chi connectivity index (χ1n) is 12.7. The van der Waals surface area contributed by atoms with Crippen LogP contribution in [0.5, 0.6) is 5.75 Å². The van der Waals surface area contributed by atoms with Crippen molar-refractivity contribution in [3.63, 3.8) is 0 Å². The zero-order chi connectivity index (χ0) is 25.9. The lowest BCUT2D eigenvalue weighted by Gasteiger charge is -2.34. The number of benzene rings is 2. The van der Waals surface area contributed by atoms with Crippen LogP contribution in [-0.2, 0) is 6.42 Å². The molecule has 2 aliphatic rings. The third-order valence-electron chi connectivity index (χ3n) is 7.25. The molecule has 1 saturated heterocycles. The Morgan fingerprint density at radius 3 is 2.59 bits per heavy atom. The van der Waals surface area contributed by atoms with Crippen molar-refractivity contribution in [2.75, 3.05) is 57.6 Å². The number of piperazine rings is 1. The maximum Gasteiger partial charge on any atom is 0.227 e. The van der Waals surface area contributed by atoms with Crippen molar-refractivity contribution >= 4 is 28.6 Å². The third-order valence-corrected chi connectivity index (χ3v) is 7.25. The molecule has 2 heterocycles. The molecule has 37 heavy (non-hydrogen) atoms. The van der Waals surface area contributed by atoms with Gasteiger partial charge >= 0.3 is 0 Å². The number of hydrogen-bond donors (Lipinski definition) is 2. The molecule has 5 rings (SSSR count). The average molecular weight is 498 g/mol. The van der Waals surface area contributed by atoms with Crippen molar-refractivity contribution in [2.45, 2.75) is 19.8 Å². The predicted octanol–water partition coefficient (Wildman–Crippen LogP) is 4.02. The van der Waals surface area contributed by atoms with Gasteiger partial charge in [0.1, 0.15) is 5.75 Å². The second-order valence-corrected chi connectivity index (χ2v) is 9.65. The Morgan fingerprint density at radius 1 is 1.08 bits per heavy atom. The molecule has 3 N–H and O–H groups in total. The number of fused-ring (bicyclic) bond motifs is 1. The Morgan fingerprint density at radius 2 is 1.86 bits per heavy atom. The first kappa shape index (κ1) is 24.8. The fraction of sp³-hybridized carbons (Fsp3) is 0.345. The van der Waals surface area contributed by atoms with Gasteiger partial charge in [-0.2, -0.15) is 0 Å². The van der Waals surface area contributed by atoms with Gasteiger partial charge in [0.25, 0.3) is 0 Å². The smallest absolute Gasteiger partial charge is 0.227 e. The van der Waals surface area contributed by atoms with E-state index < -0.39 is 0 Å². The molecule has 8 heteroatoms. The highest BCUT2D eigenvalue weighted by atomic mass is 16.5. The number of aryl methyl sites for hydroxylation is 2. The normalized spacial score (nSPS) is 16.5. The zero-order valence-corrected chi connectivity index (χ0v) is 22.1. The van der Waals surface area contributed by atoms with Crippen LogP contribution in [0, 0.1) is 6.92 Å². The average Bonchev–Trinajstić information content (AvgIpc) is 2.92.